The number of anilines is 1. The van der Waals surface area contributed by atoms with Crippen molar-refractivity contribution < 1.29 is 18.8 Å². The minimum atomic E-state index is -0.615. The van der Waals surface area contributed by atoms with Crippen LogP contribution < -0.4 is 4.90 Å². The van der Waals surface area contributed by atoms with E-state index in [0.29, 0.717) is 31.9 Å². The number of halogens is 1. The fourth-order valence-corrected chi connectivity index (χ4v) is 2.62. The lowest BCUT2D eigenvalue weighted by Gasteiger charge is -2.23. The molecule has 1 saturated heterocycles. The first-order chi connectivity index (χ1) is 11.0. The van der Waals surface area contributed by atoms with Crippen LogP contribution in [0.2, 0.25) is 0 Å². The molecule has 0 amide bonds. The molecule has 23 heavy (non-hydrogen) atoms. The molecule has 7 nitrogen and oxygen atoms in total. The Labute approximate surface area is 133 Å². The zero-order valence-corrected chi connectivity index (χ0v) is 13.0. The molecular formula is C15H20FN3O4. The number of nitro benzene ring substituents is 1. The van der Waals surface area contributed by atoms with E-state index in [2.05, 4.69) is 0 Å². The Morgan fingerprint density at radius 3 is 2.78 bits per heavy atom. The number of rotatable bonds is 5. The predicted octanol–water partition coefficient (Wildman–Crippen LogP) is 1.81. The molecule has 1 aromatic rings. The SMILES string of the molecule is CCOC(=O)CN1CCCN(c2ccc([N+](=O)[O-])cc2F)CC1. The first-order valence-electron chi connectivity index (χ1n) is 7.58. The van der Waals surface area contributed by atoms with Crippen molar-refractivity contribution >= 4 is 17.3 Å². The summed E-state index contributed by atoms with van der Waals surface area (Å²) in [6.07, 6.45) is 0.774. The van der Waals surface area contributed by atoms with Gasteiger partial charge in [0.1, 0.15) is 0 Å². The molecule has 0 unspecified atom stereocenters. The number of carbonyl (C=O) groups is 1. The molecule has 0 radical (unpaired) electrons. The van der Waals surface area contributed by atoms with Crippen molar-refractivity contribution in [1.29, 1.82) is 0 Å². The molecule has 126 valence electrons. The summed E-state index contributed by atoms with van der Waals surface area (Å²) in [5.74, 6) is -0.861. The van der Waals surface area contributed by atoms with Crippen molar-refractivity contribution in [1.82, 2.24) is 4.90 Å². The second kappa shape index (κ2) is 7.87. The number of hydrogen-bond donors (Lipinski definition) is 0. The number of nitro groups is 1. The van der Waals surface area contributed by atoms with Gasteiger partial charge >= 0.3 is 5.97 Å². The van der Waals surface area contributed by atoms with Crippen LogP contribution in [0.5, 0.6) is 0 Å². The summed E-state index contributed by atoms with van der Waals surface area (Å²) >= 11 is 0. The monoisotopic (exact) mass is 325 g/mol. The Kier molecular flexibility index (Phi) is 5.86. The van der Waals surface area contributed by atoms with E-state index in [4.69, 9.17) is 4.74 Å². The van der Waals surface area contributed by atoms with Gasteiger partial charge < -0.3 is 9.64 Å². The lowest BCUT2D eigenvalue weighted by atomic mass is 10.2. The molecule has 1 aliphatic heterocycles. The molecule has 1 heterocycles. The van der Waals surface area contributed by atoms with Gasteiger partial charge in [0.25, 0.3) is 5.69 Å². The summed E-state index contributed by atoms with van der Waals surface area (Å²) in [6, 6.07) is 3.69. The van der Waals surface area contributed by atoms with E-state index >= 15 is 0 Å². The highest BCUT2D eigenvalue weighted by molar-refractivity contribution is 5.71. The Balaban J connectivity index is 2.00. The maximum Gasteiger partial charge on any atom is 0.320 e. The van der Waals surface area contributed by atoms with Crippen LogP contribution in [0.3, 0.4) is 0 Å². The van der Waals surface area contributed by atoms with Crippen LogP contribution in [-0.4, -0.2) is 55.1 Å². The first-order valence-corrected chi connectivity index (χ1v) is 7.58. The van der Waals surface area contributed by atoms with Gasteiger partial charge in [-0.3, -0.25) is 19.8 Å². The highest BCUT2D eigenvalue weighted by Gasteiger charge is 2.21. The number of carbonyl (C=O) groups excluding carboxylic acids is 1. The van der Waals surface area contributed by atoms with Gasteiger partial charge in [0.2, 0.25) is 0 Å². The second-order valence-corrected chi connectivity index (χ2v) is 5.31. The summed E-state index contributed by atoms with van der Waals surface area (Å²) in [5, 5.41) is 10.7. The minimum absolute atomic E-state index is 0.227. The summed E-state index contributed by atoms with van der Waals surface area (Å²) in [5.41, 5.74) is 0.0959. The highest BCUT2D eigenvalue weighted by Crippen LogP contribution is 2.25. The van der Waals surface area contributed by atoms with Crippen LogP contribution in [0.15, 0.2) is 18.2 Å². The van der Waals surface area contributed by atoms with E-state index in [1.165, 1.54) is 12.1 Å². The molecule has 8 heteroatoms. The number of hydrogen-bond acceptors (Lipinski definition) is 6. The highest BCUT2D eigenvalue weighted by atomic mass is 19.1. The molecule has 1 aromatic carbocycles. The van der Waals surface area contributed by atoms with E-state index in [1.54, 1.807) is 6.92 Å². The van der Waals surface area contributed by atoms with Gasteiger partial charge in [-0.05, 0) is 19.4 Å². The Bertz CT molecular complexity index is 582. The zero-order chi connectivity index (χ0) is 16.8. The second-order valence-electron chi connectivity index (χ2n) is 5.31. The van der Waals surface area contributed by atoms with Crippen molar-refractivity contribution in [2.75, 3.05) is 44.2 Å². The summed E-state index contributed by atoms with van der Waals surface area (Å²) < 4.78 is 19.0. The van der Waals surface area contributed by atoms with Crippen LogP contribution >= 0.6 is 0 Å². The van der Waals surface area contributed by atoms with Crippen molar-refractivity contribution in [3.8, 4) is 0 Å². The molecule has 1 aliphatic rings. The normalized spacial score (nSPS) is 16.0. The summed E-state index contributed by atoms with van der Waals surface area (Å²) in [7, 11) is 0. The third-order valence-electron chi connectivity index (χ3n) is 3.73. The van der Waals surface area contributed by atoms with Crippen LogP contribution in [0.25, 0.3) is 0 Å². The quantitative estimate of drug-likeness (QED) is 0.467. The molecule has 0 saturated carbocycles. The zero-order valence-electron chi connectivity index (χ0n) is 13.0. The van der Waals surface area contributed by atoms with Crippen LogP contribution in [0.4, 0.5) is 15.8 Å². The average molecular weight is 325 g/mol. The maximum atomic E-state index is 14.1. The standard InChI is InChI=1S/C15H20FN3O4/c1-2-23-15(20)11-17-6-3-7-18(9-8-17)14-5-4-12(19(21)22)10-13(14)16/h4-5,10H,2-3,6-9,11H2,1H3. The third-order valence-corrected chi connectivity index (χ3v) is 3.73. The van der Waals surface area contributed by atoms with Crippen LogP contribution in [0.1, 0.15) is 13.3 Å². The first kappa shape index (κ1) is 17.1. The van der Waals surface area contributed by atoms with Crippen molar-refractivity contribution in [3.05, 3.63) is 34.1 Å². The molecule has 0 aliphatic carbocycles. The molecular weight excluding hydrogens is 305 g/mol. The number of benzene rings is 1. The van der Waals surface area contributed by atoms with Gasteiger partial charge in [-0.2, -0.15) is 0 Å². The molecule has 0 N–H and O–H groups in total. The van der Waals surface area contributed by atoms with Gasteiger partial charge in [-0.1, -0.05) is 0 Å². The van der Waals surface area contributed by atoms with E-state index < -0.39 is 10.7 Å². The average Bonchev–Trinajstić information content (AvgIpc) is 2.73. The largest absolute Gasteiger partial charge is 0.465 e. The smallest absolute Gasteiger partial charge is 0.320 e. The number of nitrogens with zero attached hydrogens (tertiary/aromatic N) is 3. The number of ether oxygens (including phenoxy) is 1. The molecule has 2 rings (SSSR count). The number of non-ortho nitro benzene ring substituents is 1. The molecule has 0 bridgehead atoms. The molecule has 0 atom stereocenters. The summed E-state index contributed by atoms with van der Waals surface area (Å²) in [6.45, 7) is 4.86. The lowest BCUT2D eigenvalue weighted by Crippen LogP contribution is -2.35. The Morgan fingerprint density at radius 1 is 1.35 bits per heavy atom. The Morgan fingerprint density at radius 2 is 2.13 bits per heavy atom. The maximum absolute atomic E-state index is 14.1. The minimum Gasteiger partial charge on any atom is -0.465 e. The van der Waals surface area contributed by atoms with E-state index in [-0.39, 0.29) is 18.2 Å². The van der Waals surface area contributed by atoms with Crippen LogP contribution in [0, 0.1) is 15.9 Å². The van der Waals surface area contributed by atoms with Gasteiger partial charge in [0.05, 0.1) is 29.8 Å². The molecule has 1 fully saturated rings. The van der Waals surface area contributed by atoms with Crippen LogP contribution in [-0.2, 0) is 9.53 Å². The molecule has 0 spiro atoms. The topological polar surface area (TPSA) is 75.9 Å². The lowest BCUT2D eigenvalue weighted by molar-refractivity contribution is -0.385. The van der Waals surface area contributed by atoms with Crippen molar-refractivity contribution in [3.63, 3.8) is 0 Å². The predicted molar refractivity (Wildman–Crippen MR) is 83.0 cm³/mol. The van der Waals surface area contributed by atoms with Gasteiger partial charge in [0, 0.05) is 32.2 Å². The van der Waals surface area contributed by atoms with Crippen molar-refractivity contribution in [2.24, 2.45) is 0 Å². The van der Waals surface area contributed by atoms with Crippen molar-refractivity contribution in [2.45, 2.75) is 13.3 Å². The fourth-order valence-electron chi connectivity index (χ4n) is 2.62. The van der Waals surface area contributed by atoms with Gasteiger partial charge in [-0.15, -0.1) is 0 Å². The van der Waals surface area contributed by atoms with Gasteiger partial charge in [0.15, 0.2) is 5.82 Å². The van der Waals surface area contributed by atoms with E-state index in [1.807, 2.05) is 9.80 Å². The van der Waals surface area contributed by atoms with Gasteiger partial charge in [-0.25, -0.2) is 4.39 Å². The fraction of sp³-hybridized carbons (Fsp3) is 0.533. The number of esters is 1. The van der Waals surface area contributed by atoms with E-state index in [0.717, 1.165) is 19.0 Å². The molecule has 0 aromatic heterocycles. The summed E-state index contributed by atoms with van der Waals surface area (Å²) in [4.78, 5) is 25.4. The van der Waals surface area contributed by atoms with E-state index in [9.17, 15) is 19.3 Å². The Hall–Kier alpha value is -2.22. The third kappa shape index (κ3) is 4.62.